The molecule has 0 bridgehead atoms. The van der Waals surface area contributed by atoms with Gasteiger partial charge in [0, 0.05) is 6.07 Å². The maximum Gasteiger partial charge on any atom is 0.169 e. The zero-order valence-electron chi connectivity index (χ0n) is 16.6. The van der Waals surface area contributed by atoms with Crippen molar-refractivity contribution in [2.24, 2.45) is 0 Å². The molecule has 0 fully saturated rings. The standard InChI is InChI=1S/C22H33N3O2/c1-3-13-25(14-4-2)15-7-8-16-26-21-9-5-6-10-22(21)27-18-11-12-19(23)20(24)17-18/h5-6,9-12,17H,3-4,7-8,13-16,23-24H2,1-2H3. The van der Waals surface area contributed by atoms with Crippen molar-refractivity contribution in [2.75, 3.05) is 37.7 Å². The Balaban J connectivity index is 1.84. The molecular formula is C22H33N3O2. The van der Waals surface area contributed by atoms with Gasteiger partial charge in [0.15, 0.2) is 11.5 Å². The minimum absolute atomic E-state index is 0.509. The summed E-state index contributed by atoms with van der Waals surface area (Å²) >= 11 is 0. The Bertz CT molecular complexity index is 685. The summed E-state index contributed by atoms with van der Waals surface area (Å²) in [5.41, 5.74) is 12.7. The van der Waals surface area contributed by atoms with Gasteiger partial charge in [-0.2, -0.15) is 0 Å². The Kier molecular flexibility index (Phi) is 8.78. The van der Waals surface area contributed by atoms with E-state index in [1.54, 1.807) is 18.2 Å². The fraction of sp³-hybridized carbons (Fsp3) is 0.455. The molecule has 0 aliphatic heterocycles. The van der Waals surface area contributed by atoms with Crippen LogP contribution in [-0.4, -0.2) is 31.1 Å². The van der Waals surface area contributed by atoms with Gasteiger partial charge in [-0.3, -0.25) is 0 Å². The summed E-state index contributed by atoms with van der Waals surface area (Å²) in [6.45, 7) is 8.63. The molecule has 2 aromatic carbocycles. The molecule has 0 heterocycles. The highest BCUT2D eigenvalue weighted by Crippen LogP contribution is 2.33. The maximum absolute atomic E-state index is 5.97. The van der Waals surface area contributed by atoms with Crippen molar-refractivity contribution in [3.05, 3.63) is 42.5 Å². The second-order valence-electron chi connectivity index (χ2n) is 6.74. The number of hydrogen-bond acceptors (Lipinski definition) is 5. The fourth-order valence-corrected chi connectivity index (χ4v) is 2.98. The van der Waals surface area contributed by atoms with E-state index in [1.807, 2.05) is 24.3 Å². The number of ether oxygens (including phenoxy) is 2. The molecule has 0 amide bonds. The number of rotatable bonds is 12. The van der Waals surface area contributed by atoms with Gasteiger partial charge in [0.05, 0.1) is 18.0 Å². The lowest BCUT2D eigenvalue weighted by molar-refractivity contribution is 0.247. The van der Waals surface area contributed by atoms with E-state index in [4.69, 9.17) is 20.9 Å². The smallest absolute Gasteiger partial charge is 0.169 e. The Morgan fingerprint density at radius 2 is 1.52 bits per heavy atom. The van der Waals surface area contributed by atoms with Gasteiger partial charge in [0.1, 0.15) is 5.75 Å². The van der Waals surface area contributed by atoms with E-state index in [-0.39, 0.29) is 0 Å². The summed E-state index contributed by atoms with van der Waals surface area (Å²) in [5.74, 6) is 2.07. The first kappa shape index (κ1) is 20.9. The van der Waals surface area contributed by atoms with Crippen molar-refractivity contribution < 1.29 is 9.47 Å². The Labute approximate surface area is 163 Å². The summed E-state index contributed by atoms with van der Waals surface area (Å²) in [7, 11) is 0. The average molecular weight is 372 g/mol. The van der Waals surface area contributed by atoms with Gasteiger partial charge in [-0.15, -0.1) is 0 Å². The zero-order chi connectivity index (χ0) is 19.5. The third-order valence-electron chi connectivity index (χ3n) is 4.34. The van der Waals surface area contributed by atoms with Gasteiger partial charge in [0.2, 0.25) is 0 Å². The van der Waals surface area contributed by atoms with Crippen LogP contribution < -0.4 is 20.9 Å². The predicted octanol–water partition coefficient (Wildman–Crippen LogP) is 4.92. The van der Waals surface area contributed by atoms with Crippen LogP contribution in [-0.2, 0) is 0 Å². The molecule has 0 atom stereocenters. The van der Waals surface area contributed by atoms with Crippen LogP contribution in [0.1, 0.15) is 39.5 Å². The van der Waals surface area contributed by atoms with Crippen LogP contribution in [0.4, 0.5) is 11.4 Å². The van der Waals surface area contributed by atoms with Crippen LogP contribution in [0.5, 0.6) is 17.2 Å². The van der Waals surface area contributed by atoms with Gasteiger partial charge in [-0.05, 0) is 69.6 Å². The molecule has 5 nitrogen and oxygen atoms in total. The highest BCUT2D eigenvalue weighted by molar-refractivity contribution is 5.65. The van der Waals surface area contributed by atoms with Gasteiger partial charge in [0.25, 0.3) is 0 Å². The maximum atomic E-state index is 5.97. The molecule has 2 aromatic rings. The fourth-order valence-electron chi connectivity index (χ4n) is 2.98. The molecule has 0 aliphatic carbocycles. The molecule has 0 saturated carbocycles. The number of para-hydroxylation sites is 2. The van der Waals surface area contributed by atoms with E-state index in [1.165, 1.54) is 25.9 Å². The predicted molar refractivity (Wildman–Crippen MR) is 114 cm³/mol. The molecule has 0 aromatic heterocycles. The first-order valence-corrected chi connectivity index (χ1v) is 9.91. The van der Waals surface area contributed by atoms with E-state index >= 15 is 0 Å². The molecular weight excluding hydrogens is 338 g/mol. The molecule has 0 radical (unpaired) electrons. The van der Waals surface area contributed by atoms with Gasteiger partial charge >= 0.3 is 0 Å². The third-order valence-corrected chi connectivity index (χ3v) is 4.34. The van der Waals surface area contributed by atoms with E-state index < -0.39 is 0 Å². The van der Waals surface area contributed by atoms with Crippen molar-refractivity contribution in [3.63, 3.8) is 0 Å². The summed E-state index contributed by atoms with van der Waals surface area (Å²) < 4.78 is 11.9. The van der Waals surface area contributed by atoms with Crippen molar-refractivity contribution >= 4 is 11.4 Å². The number of unbranched alkanes of at least 4 members (excludes halogenated alkanes) is 1. The lowest BCUT2D eigenvalue weighted by atomic mass is 10.2. The second kappa shape index (κ2) is 11.3. The molecule has 0 saturated heterocycles. The van der Waals surface area contributed by atoms with Crippen LogP contribution in [0.15, 0.2) is 42.5 Å². The zero-order valence-corrected chi connectivity index (χ0v) is 16.6. The Morgan fingerprint density at radius 3 is 2.19 bits per heavy atom. The van der Waals surface area contributed by atoms with E-state index in [2.05, 4.69) is 18.7 Å². The average Bonchev–Trinajstić information content (AvgIpc) is 2.66. The monoisotopic (exact) mass is 371 g/mol. The van der Waals surface area contributed by atoms with Gasteiger partial charge in [-0.25, -0.2) is 0 Å². The number of nitrogen functional groups attached to an aromatic ring is 2. The third kappa shape index (κ3) is 7.02. The molecule has 5 heteroatoms. The number of nitrogens with zero attached hydrogens (tertiary/aromatic N) is 1. The van der Waals surface area contributed by atoms with E-state index in [0.717, 1.165) is 25.1 Å². The lowest BCUT2D eigenvalue weighted by Crippen LogP contribution is -2.26. The van der Waals surface area contributed by atoms with Crippen molar-refractivity contribution in [3.8, 4) is 17.2 Å². The summed E-state index contributed by atoms with van der Waals surface area (Å²) in [6.07, 6.45) is 4.57. The van der Waals surface area contributed by atoms with Gasteiger partial charge in [-0.1, -0.05) is 26.0 Å². The number of anilines is 2. The minimum atomic E-state index is 0.509. The SMILES string of the molecule is CCCN(CCC)CCCCOc1ccccc1Oc1ccc(N)c(N)c1. The van der Waals surface area contributed by atoms with Crippen molar-refractivity contribution in [1.82, 2.24) is 4.90 Å². The van der Waals surface area contributed by atoms with Gasteiger partial charge < -0.3 is 25.8 Å². The quantitative estimate of drug-likeness (QED) is 0.409. The molecule has 148 valence electrons. The molecule has 2 rings (SSSR count). The first-order chi connectivity index (χ1) is 13.1. The molecule has 4 N–H and O–H groups in total. The molecule has 0 unspecified atom stereocenters. The lowest BCUT2D eigenvalue weighted by Gasteiger charge is -2.20. The normalized spacial score (nSPS) is 10.9. The van der Waals surface area contributed by atoms with Crippen molar-refractivity contribution in [1.29, 1.82) is 0 Å². The highest BCUT2D eigenvalue weighted by Gasteiger charge is 2.07. The largest absolute Gasteiger partial charge is 0.490 e. The van der Waals surface area contributed by atoms with E-state index in [9.17, 15) is 0 Å². The minimum Gasteiger partial charge on any atom is -0.490 e. The summed E-state index contributed by atoms with van der Waals surface area (Å²) in [4.78, 5) is 2.53. The van der Waals surface area contributed by atoms with E-state index in [0.29, 0.717) is 29.5 Å². The molecule has 0 aliphatic rings. The second-order valence-corrected chi connectivity index (χ2v) is 6.74. The van der Waals surface area contributed by atoms with Crippen LogP contribution in [0.2, 0.25) is 0 Å². The Hall–Kier alpha value is -2.40. The van der Waals surface area contributed by atoms with Crippen LogP contribution in [0, 0.1) is 0 Å². The number of nitrogens with two attached hydrogens (primary N) is 2. The summed E-state index contributed by atoms with van der Waals surface area (Å²) in [6, 6.07) is 13.0. The molecule has 0 spiro atoms. The Morgan fingerprint density at radius 1 is 0.815 bits per heavy atom. The number of benzene rings is 2. The summed E-state index contributed by atoms with van der Waals surface area (Å²) in [5, 5.41) is 0. The highest BCUT2D eigenvalue weighted by atomic mass is 16.5. The van der Waals surface area contributed by atoms with Crippen molar-refractivity contribution in [2.45, 2.75) is 39.5 Å². The number of hydrogen-bond donors (Lipinski definition) is 2. The topological polar surface area (TPSA) is 73.7 Å². The van der Waals surface area contributed by atoms with Crippen LogP contribution in [0.25, 0.3) is 0 Å². The van der Waals surface area contributed by atoms with Crippen LogP contribution >= 0.6 is 0 Å². The first-order valence-electron chi connectivity index (χ1n) is 9.91. The van der Waals surface area contributed by atoms with Crippen LogP contribution in [0.3, 0.4) is 0 Å². The molecule has 27 heavy (non-hydrogen) atoms.